The Morgan fingerprint density at radius 1 is 1.28 bits per heavy atom. The molecule has 1 aromatic carbocycles. The zero-order valence-electron chi connectivity index (χ0n) is 9.64. The molecule has 0 unspecified atom stereocenters. The lowest BCUT2D eigenvalue weighted by atomic mass is 10.1. The predicted octanol–water partition coefficient (Wildman–Crippen LogP) is 2.76. The summed E-state index contributed by atoms with van der Waals surface area (Å²) in [5, 5.41) is 2.93. The van der Waals surface area contributed by atoms with E-state index in [4.69, 9.17) is 0 Å². The minimum atomic E-state index is -0.101. The minimum Gasteiger partial charge on any atom is -0.296 e. The number of aryl methyl sites for hydroxylation is 1. The number of nitrogens with zero attached hydrogens (tertiary/aromatic N) is 2. The number of rotatable bonds is 1. The Morgan fingerprint density at radius 2 is 2.06 bits per heavy atom. The van der Waals surface area contributed by atoms with Gasteiger partial charge in [0.05, 0.1) is 0 Å². The Hall–Kier alpha value is -1.88. The summed E-state index contributed by atoms with van der Waals surface area (Å²) in [4.78, 5) is 16.2. The Labute approximate surface area is 111 Å². The highest BCUT2D eigenvalue weighted by Gasteiger charge is 2.11. The molecular weight excluding hydrogens is 294 g/mol. The molecule has 0 atom stereocenters. The van der Waals surface area contributed by atoms with Crippen molar-refractivity contribution >= 4 is 21.6 Å². The first-order chi connectivity index (χ1) is 8.66. The van der Waals surface area contributed by atoms with Crippen LogP contribution in [-0.2, 0) is 0 Å². The summed E-state index contributed by atoms with van der Waals surface area (Å²) in [6.45, 7) is 1.82. The zero-order valence-corrected chi connectivity index (χ0v) is 11.2. The summed E-state index contributed by atoms with van der Waals surface area (Å²) in [7, 11) is 0. The molecule has 0 aliphatic rings. The highest BCUT2D eigenvalue weighted by Crippen LogP contribution is 2.29. The topological polar surface area (TPSA) is 50.2 Å². The molecule has 0 saturated carbocycles. The minimum absolute atomic E-state index is 0.101. The lowest BCUT2D eigenvalue weighted by Crippen LogP contribution is -2.14. The number of H-pyrrole nitrogens is 1. The van der Waals surface area contributed by atoms with Gasteiger partial charge < -0.3 is 0 Å². The molecule has 0 aliphatic heterocycles. The highest BCUT2D eigenvalue weighted by atomic mass is 79.9. The van der Waals surface area contributed by atoms with E-state index in [9.17, 15) is 4.79 Å². The largest absolute Gasteiger partial charge is 0.296 e. The maximum absolute atomic E-state index is 11.8. The SMILES string of the molecule is Cc1cc(=O)n2[nH]cc(-c3ccccc3Br)c2n1. The highest BCUT2D eigenvalue weighted by molar-refractivity contribution is 9.10. The van der Waals surface area contributed by atoms with Gasteiger partial charge in [-0.3, -0.25) is 9.89 Å². The monoisotopic (exact) mass is 303 g/mol. The third-order valence-corrected chi connectivity index (χ3v) is 3.48. The van der Waals surface area contributed by atoms with Crippen molar-refractivity contribution in [3.63, 3.8) is 0 Å². The molecule has 1 N–H and O–H groups in total. The molecule has 2 heterocycles. The molecule has 4 nitrogen and oxygen atoms in total. The van der Waals surface area contributed by atoms with Gasteiger partial charge in [-0.1, -0.05) is 34.1 Å². The lowest BCUT2D eigenvalue weighted by molar-refractivity contribution is 0.890. The second-order valence-electron chi connectivity index (χ2n) is 4.06. The summed E-state index contributed by atoms with van der Waals surface area (Å²) >= 11 is 3.51. The predicted molar refractivity (Wildman–Crippen MR) is 73.7 cm³/mol. The number of aromatic amines is 1. The molecule has 3 aromatic rings. The fourth-order valence-electron chi connectivity index (χ4n) is 1.97. The fraction of sp³-hybridized carbons (Fsp3) is 0.0769. The van der Waals surface area contributed by atoms with Crippen molar-refractivity contribution in [3.8, 4) is 11.1 Å². The second kappa shape index (κ2) is 4.10. The molecule has 3 rings (SSSR count). The van der Waals surface area contributed by atoms with Crippen LogP contribution in [0.2, 0.25) is 0 Å². The maximum Gasteiger partial charge on any atom is 0.272 e. The molecule has 0 aliphatic carbocycles. The van der Waals surface area contributed by atoms with Crippen LogP contribution in [0.5, 0.6) is 0 Å². The van der Waals surface area contributed by atoms with Gasteiger partial charge in [0, 0.05) is 33.6 Å². The van der Waals surface area contributed by atoms with Gasteiger partial charge in [0.1, 0.15) is 0 Å². The van der Waals surface area contributed by atoms with Gasteiger partial charge in [-0.05, 0) is 13.0 Å². The number of aromatic nitrogens is 3. The number of hydrogen-bond acceptors (Lipinski definition) is 2. The van der Waals surface area contributed by atoms with Crippen LogP contribution in [0.25, 0.3) is 16.8 Å². The van der Waals surface area contributed by atoms with Crippen LogP contribution in [-0.4, -0.2) is 14.6 Å². The Morgan fingerprint density at radius 3 is 2.83 bits per heavy atom. The van der Waals surface area contributed by atoms with E-state index in [1.165, 1.54) is 10.6 Å². The van der Waals surface area contributed by atoms with Crippen LogP contribution in [0.4, 0.5) is 0 Å². The van der Waals surface area contributed by atoms with Crippen molar-refractivity contribution in [1.29, 1.82) is 0 Å². The van der Waals surface area contributed by atoms with Crippen molar-refractivity contribution < 1.29 is 0 Å². The van der Waals surface area contributed by atoms with Gasteiger partial charge in [-0.15, -0.1) is 0 Å². The third-order valence-electron chi connectivity index (χ3n) is 2.79. The molecular formula is C13H10BrN3O. The molecule has 2 aromatic heterocycles. The van der Waals surface area contributed by atoms with Gasteiger partial charge in [-0.25, -0.2) is 9.50 Å². The van der Waals surface area contributed by atoms with E-state index >= 15 is 0 Å². The molecule has 0 fully saturated rings. The van der Waals surface area contributed by atoms with Gasteiger partial charge >= 0.3 is 0 Å². The van der Waals surface area contributed by atoms with E-state index in [1.807, 2.05) is 31.2 Å². The van der Waals surface area contributed by atoms with Crippen LogP contribution in [0.1, 0.15) is 5.69 Å². The number of benzene rings is 1. The van der Waals surface area contributed by atoms with Crippen LogP contribution in [0.3, 0.4) is 0 Å². The zero-order chi connectivity index (χ0) is 12.7. The first-order valence-corrected chi connectivity index (χ1v) is 6.29. The number of hydrogen-bond donors (Lipinski definition) is 1. The van der Waals surface area contributed by atoms with Gasteiger partial charge in [0.2, 0.25) is 0 Å². The summed E-state index contributed by atoms with van der Waals surface area (Å²) in [5.41, 5.74) is 3.17. The Bertz CT molecular complexity index is 788. The Balaban J connectivity index is 2.38. The van der Waals surface area contributed by atoms with Crippen LogP contribution >= 0.6 is 15.9 Å². The first kappa shape index (κ1) is 11.2. The molecule has 0 spiro atoms. The van der Waals surface area contributed by atoms with Crippen LogP contribution in [0, 0.1) is 6.92 Å². The van der Waals surface area contributed by atoms with E-state index < -0.39 is 0 Å². The second-order valence-corrected chi connectivity index (χ2v) is 4.92. The standard InChI is InChI=1S/C13H10BrN3O/c1-8-6-12(18)17-13(16-8)10(7-15-17)9-4-2-3-5-11(9)14/h2-7,15H,1H3. The van der Waals surface area contributed by atoms with E-state index in [0.29, 0.717) is 11.3 Å². The van der Waals surface area contributed by atoms with Crippen molar-refractivity contribution in [2.45, 2.75) is 6.92 Å². The van der Waals surface area contributed by atoms with Crippen molar-refractivity contribution in [3.05, 3.63) is 57.0 Å². The van der Waals surface area contributed by atoms with Gasteiger partial charge in [0.25, 0.3) is 5.56 Å². The van der Waals surface area contributed by atoms with Gasteiger partial charge in [0.15, 0.2) is 5.65 Å². The molecule has 0 saturated heterocycles. The summed E-state index contributed by atoms with van der Waals surface area (Å²) in [5.74, 6) is 0. The van der Waals surface area contributed by atoms with Crippen molar-refractivity contribution in [1.82, 2.24) is 14.6 Å². The van der Waals surface area contributed by atoms with E-state index in [1.54, 1.807) is 6.20 Å². The summed E-state index contributed by atoms with van der Waals surface area (Å²) in [6, 6.07) is 9.37. The van der Waals surface area contributed by atoms with Crippen molar-refractivity contribution in [2.24, 2.45) is 0 Å². The Kier molecular flexibility index (Phi) is 2.56. The van der Waals surface area contributed by atoms with Crippen LogP contribution in [0.15, 0.2) is 45.8 Å². The van der Waals surface area contributed by atoms with E-state index in [0.717, 1.165) is 15.6 Å². The van der Waals surface area contributed by atoms with E-state index in [2.05, 4.69) is 26.0 Å². The summed E-state index contributed by atoms with van der Waals surface area (Å²) < 4.78 is 2.42. The third kappa shape index (κ3) is 1.67. The molecule has 90 valence electrons. The number of fused-ring (bicyclic) bond motifs is 1. The smallest absolute Gasteiger partial charge is 0.272 e. The number of halogens is 1. The molecule has 5 heteroatoms. The van der Waals surface area contributed by atoms with E-state index in [-0.39, 0.29) is 5.56 Å². The summed E-state index contributed by atoms with van der Waals surface area (Å²) in [6.07, 6.45) is 1.79. The molecule has 18 heavy (non-hydrogen) atoms. The van der Waals surface area contributed by atoms with Crippen LogP contribution < -0.4 is 5.56 Å². The van der Waals surface area contributed by atoms with Gasteiger partial charge in [-0.2, -0.15) is 0 Å². The normalized spacial score (nSPS) is 11.0. The molecule has 0 radical (unpaired) electrons. The average Bonchev–Trinajstić information content (AvgIpc) is 2.73. The number of nitrogens with one attached hydrogen (secondary N) is 1. The molecule has 0 bridgehead atoms. The first-order valence-electron chi connectivity index (χ1n) is 5.49. The average molecular weight is 304 g/mol. The lowest BCUT2D eigenvalue weighted by Gasteiger charge is -2.02. The maximum atomic E-state index is 11.8. The van der Waals surface area contributed by atoms with Crippen molar-refractivity contribution in [2.75, 3.05) is 0 Å². The molecule has 0 amide bonds. The quantitative estimate of drug-likeness (QED) is 0.751. The fourth-order valence-corrected chi connectivity index (χ4v) is 2.47.